The first kappa shape index (κ1) is 14.9. The molecule has 2 fully saturated rings. The largest absolute Gasteiger partial charge is 0.377 e. The normalized spacial score (nSPS) is 25.3. The Morgan fingerprint density at radius 2 is 2.00 bits per heavy atom. The number of aryl methyl sites for hydroxylation is 1. The number of rotatable bonds is 5. The second kappa shape index (κ2) is 7.33. The summed E-state index contributed by atoms with van der Waals surface area (Å²) >= 11 is 0. The highest BCUT2D eigenvalue weighted by Crippen LogP contribution is 2.15. The first-order valence-corrected chi connectivity index (χ1v) is 8.21. The predicted molar refractivity (Wildman–Crippen MR) is 79.0 cm³/mol. The van der Waals surface area contributed by atoms with Crippen LogP contribution in [0.15, 0.2) is 4.52 Å². The minimum Gasteiger partial charge on any atom is -0.377 e. The van der Waals surface area contributed by atoms with Gasteiger partial charge in [-0.3, -0.25) is 9.80 Å². The smallest absolute Gasteiger partial charge is 0.240 e. The Hall–Kier alpha value is -0.980. The van der Waals surface area contributed by atoms with Crippen molar-refractivity contribution < 1.29 is 9.26 Å². The number of aromatic nitrogens is 2. The summed E-state index contributed by atoms with van der Waals surface area (Å²) in [7, 11) is 0. The van der Waals surface area contributed by atoms with E-state index in [0.29, 0.717) is 6.10 Å². The SMILES string of the molecule is CCc1noc(CN2CCCN(C[C@H]3CCCO3)CC2)n1. The third kappa shape index (κ3) is 4.25. The molecule has 1 aromatic rings. The van der Waals surface area contributed by atoms with E-state index in [0.717, 1.165) is 57.5 Å². The van der Waals surface area contributed by atoms with Crippen LogP contribution in [0, 0.1) is 0 Å². The predicted octanol–water partition coefficient (Wildman–Crippen LogP) is 1.32. The lowest BCUT2D eigenvalue weighted by Gasteiger charge is -2.23. The summed E-state index contributed by atoms with van der Waals surface area (Å²) < 4.78 is 11.0. The highest BCUT2D eigenvalue weighted by molar-refractivity contribution is 4.86. The second-order valence-corrected chi connectivity index (χ2v) is 6.02. The maximum Gasteiger partial charge on any atom is 0.240 e. The van der Waals surface area contributed by atoms with Crippen molar-refractivity contribution in [3.8, 4) is 0 Å². The molecule has 1 atom stereocenters. The van der Waals surface area contributed by atoms with Crippen molar-refractivity contribution in [2.45, 2.75) is 45.3 Å². The van der Waals surface area contributed by atoms with Crippen molar-refractivity contribution in [1.29, 1.82) is 0 Å². The van der Waals surface area contributed by atoms with Gasteiger partial charge in [0.1, 0.15) is 0 Å². The van der Waals surface area contributed by atoms with E-state index < -0.39 is 0 Å². The average Bonchev–Trinajstić information content (AvgIpc) is 3.10. The average molecular weight is 294 g/mol. The molecule has 0 N–H and O–H groups in total. The van der Waals surface area contributed by atoms with E-state index >= 15 is 0 Å². The number of nitrogens with zero attached hydrogens (tertiary/aromatic N) is 4. The van der Waals surface area contributed by atoms with E-state index in [4.69, 9.17) is 9.26 Å². The van der Waals surface area contributed by atoms with Crippen LogP contribution in [0.2, 0.25) is 0 Å². The molecule has 2 saturated heterocycles. The van der Waals surface area contributed by atoms with E-state index in [1.807, 2.05) is 6.92 Å². The van der Waals surface area contributed by atoms with E-state index in [9.17, 15) is 0 Å². The maximum absolute atomic E-state index is 5.75. The fraction of sp³-hybridized carbons (Fsp3) is 0.867. The van der Waals surface area contributed by atoms with E-state index in [1.54, 1.807) is 0 Å². The van der Waals surface area contributed by atoms with Crippen LogP contribution in [0.3, 0.4) is 0 Å². The molecular weight excluding hydrogens is 268 g/mol. The van der Waals surface area contributed by atoms with E-state index in [1.165, 1.54) is 25.8 Å². The second-order valence-electron chi connectivity index (χ2n) is 6.02. The Morgan fingerprint density at radius 3 is 2.76 bits per heavy atom. The number of ether oxygens (including phenoxy) is 1. The minimum absolute atomic E-state index is 0.458. The van der Waals surface area contributed by atoms with Gasteiger partial charge in [-0.15, -0.1) is 0 Å². The van der Waals surface area contributed by atoms with Crippen LogP contribution in [0.1, 0.15) is 37.9 Å². The zero-order valence-electron chi connectivity index (χ0n) is 13.0. The molecule has 3 heterocycles. The summed E-state index contributed by atoms with van der Waals surface area (Å²) in [6, 6.07) is 0. The summed E-state index contributed by atoms with van der Waals surface area (Å²) in [5.74, 6) is 1.55. The lowest BCUT2D eigenvalue weighted by molar-refractivity contribution is 0.0741. The Labute approximate surface area is 126 Å². The molecule has 1 aromatic heterocycles. The van der Waals surface area contributed by atoms with Gasteiger partial charge in [0, 0.05) is 32.7 Å². The fourth-order valence-electron chi connectivity index (χ4n) is 3.13. The fourth-order valence-corrected chi connectivity index (χ4v) is 3.13. The van der Waals surface area contributed by atoms with Gasteiger partial charge in [-0.25, -0.2) is 0 Å². The molecule has 0 aliphatic carbocycles. The molecule has 118 valence electrons. The molecule has 0 unspecified atom stereocenters. The molecule has 0 spiro atoms. The molecular formula is C15H26N4O2. The summed E-state index contributed by atoms with van der Waals surface area (Å²) in [6.07, 6.45) is 4.93. The van der Waals surface area contributed by atoms with Crippen LogP contribution >= 0.6 is 0 Å². The molecule has 0 amide bonds. The quantitative estimate of drug-likeness (QED) is 0.816. The lowest BCUT2D eigenvalue weighted by atomic mass is 10.2. The van der Waals surface area contributed by atoms with E-state index in [2.05, 4.69) is 19.9 Å². The van der Waals surface area contributed by atoms with Crippen molar-refractivity contribution in [3.63, 3.8) is 0 Å². The van der Waals surface area contributed by atoms with Crippen molar-refractivity contribution in [2.24, 2.45) is 0 Å². The topological polar surface area (TPSA) is 54.6 Å². The Bertz CT molecular complexity index is 431. The first-order valence-electron chi connectivity index (χ1n) is 8.21. The van der Waals surface area contributed by atoms with Crippen LogP contribution in [-0.2, 0) is 17.7 Å². The van der Waals surface area contributed by atoms with Gasteiger partial charge in [0.05, 0.1) is 12.6 Å². The monoisotopic (exact) mass is 294 g/mol. The molecule has 2 aliphatic heterocycles. The van der Waals surface area contributed by atoms with Crippen molar-refractivity contribution in [3.05, 3.63) is 11.7 Å². The van der Waals surface area contributed by atoms with Gasteiger partial charge in [0.15, 0.2) is 5.82 Å². The van der Waals surface area contributed by atoms with Gasteiger partial charge in [-0.2, -0.15) is 4.98 Å². The Balaban J connectivity index is 1.46. The van der Waals surface area contributed by atoms with Crippen LogP contribution in [0.4, 0.5) is 0 Å². The van der Waals surface area contributed by atoms with Gasteiger partial charge in [0.2, 0.25) is 5.89 Å². The van der Waals surface area contributed by atoms with Gasteiger partial charge < -0.3 is 9.26 Å². The summed E-state index contributed by atoms with van der Waals surface area (Å²) in [5.41, 5.74) is 0. The first-order chi connectivity index (χ1) is 10.3. The van der Waals surface area contributed by atoms with Crippen LogP contribution in [-0.4, -0.2) is 65.4 Å². The Morgan fingerprint density at radius 1 is 1.14 bits per heavy atom. The molecule has 2 aliphatic rings. The van der Waals surface area contributed by atoms with Crippen LogP contribution < -0.4 is 0 Å². The lowest BCUT2D eigenvalue weighted by Crippen LogP contribution is -2.35. The van der Waals surface area contributed by atoms with Crippen LogP contribution in [0.5, 0.6) is 0 Å². The minimum atomic E-state index is 0.458. The van der Waals surface area contributed by atoms with Crippen molar-refractivity contribution >= 4 is 0 Å². The maximum atomic E-state index is 5.75. The highest BCUT2D eigenvalue weighted by Gasteiger charge is 2.22. The van der Waals surface area contributed by atoms with Crippen LogP contribution in [0.25, 0.3) is 0 Å². The van der Waals surface area contributed by atoms with Crippen molar-refractivity contribution in [2.75, 3.05) is 39.3 Å². The number of hydrogen-bond acceptors (Lipinski definition) is 6. The van der Waals surface area contributed by atoms with Gasteiger partial charge in [-0.1, -0.05) is 12.1 Å². The zero-order valence-corrected chi connectivity index (χ0v) is 13.0. The standard InChI is InChI=1S/C15H26N4O2/c1-2-14-16-15(21-17-14)12-19-7-4-6-18(8-9-19)11-13-5-3-10-20-13/h13H,2-12H2,1H3/t13-/m1/s1. The molecule has 6 nitrogen and oxygen atoms in total. The van der Waals surface area contributed by atoms with Gasteiger partial charge in [0.25, 0.3) is 0 Å². The molecule has 0 radical (unpaired) electrons. The third-order valence-electron chi connectivity index (χ3n) is 4.35. The van der Waals surface area contributed by atoms with E-state index in [-0.39, 0.29) is 0 Å². The molecule has 0 bridgehead atoms. The van der Waals surface area contributed by atoms with Gasteiger partial charge in [-0.05, 0) is 32.4 Å². The molecule has 0 aromatic carbocycles. The van der Waals surface area contributed by atoms with Crippen molar-refractivity contribution in [1.82, 2.24) is 19.9 Å². The zero-order chi connectivity index (χ0) is 14.5. The molecule has 3 rings (SSSR count). The molecule has 21 heavy (non-hydrogen) atoms. The highest BCUT2D eigenvalue weighted by atomic mass is 16.5. The van der Waals surface area contributed by atoms with Gasteiger partial charge >= 0.3 is 0 Å². The molecule has 6 heteroatoms. The summed E-state index contributed by atoms with van der Waals surface area (Å²) in [5, 5.41) is 3.97. The summed E-state index contributed by atoms with van der Waals surface area (Å²) in [4.78, 5) is 9.36. The molecule has 0 saturated carbocycles. The Kier molecular flexibility index (Phi) is 5.22. The summed E-state index contributed by atoms with van der Waals surface area (Å²) in [6.45, 7) is 9.30. The number of hydrogen-bond donors (Lipinski definition) is 0. The third-order valence-corrected chi connectivity index (χ3v) is 4.35.